The van der Waals surface area contributed by atoms with Gasteiger partial charge in [0, 0.05) is 20.1 Å². The maximum Gasteiger partial charge on any atom is 0.336 e. The summed E-state index contributed by atoms with van der Waals surface area (Å²) in [5.74, 6) is -1.59. The minimum absolute atomic E-state index is 0.324. The predicted molar refractivity (Wildman–Crippen MR) is 149 cm³/mol. The summed E-state index contributed by atoms with van der Waals surface area (Å²) < 4.78 is 14.0. The number of rotatable bonds is 13. The number of hydrogen-bond acceptors (Lipinski definition) is 12. The highest BCUT2D eigenvalue weighted by Gasteiger charge is 2.22. The van der Waals surface area contributed by atoms with Crippen molar-refractivity contribution in [3.05, 3.63) is 62.9 Å². The second kappa shape index (κ2) is 13.8. The average molecular weight is 615 g/mol. The van der Waals surface area contributed by atoms with E-state index in [0.717, 1.165) is 7.05 Å². The Morgan fingerprint density at radius 3 is 1.51 bits per heavy atom. The molecular weight excluding hydrogens is 576 g/mol. The van der Waals surface area contributed by atoms with Gasteiger partial charge in [-0.15, -0.1) is 0 Å². The van der Waals surface area contributed by atoms with Gasteiger partial charge in [-0.25, -0.2) is 56.2 Å². The SMILES string of the molecule is Cn1c(=O)n(CCC(=O)OCCn2c(=O)n(CCO)c(=O)n(CC(C)(C)O)c2=O)c(=O)n(CCC(=O)OC(C)(C)C)c1=O. The monoisotopic (exact) mass is 614 g/mol. The Balaban J connectivity index is 2.19. The van der Waals surface area contributed by atoms with Crippen molar-refractivity contribution in [2.24, 2.45) is 7.05 Å². The van der Waals surface area contributed by atoms with Gasteiger partial charge in [0.05, 0.1) is 44.7 Å². The fourth-order valence-electron chi connectivity index (χ4n) is 3.94. The van der Waals surface area contributed by atoms with Crippen LogP contribution >= 0.6 is 0 Å². The van der Waals surface area contributed by atoms with Crippen molar-refractivity contribution in [1.29, 1.82) is 0 Å². The fourth-order valence-corrected chi connectivity index (χ4v) is 3.94. The molecule has 0 atom stereocenters. The zero-order valence-electron chi connectivity index (χ0n) is 25.0. The molecule has 2 heterocycles. The molecule has 0 unspecified atom stereocenters. The van der Waals surface area contributed by atoms with Crippen molar-refractivity contribution in [3.63, 3.8) is 0 Å². The molecule has 0 radical (unpaired) electrons. The first-order valence-electron chi connectivity index (χ1n) is 13.3. The van der Waals surface area contributed by atoms with E-state index in [9.17, 15) is 48.6 Å². The lowest BCUT2D eigenvalue weighted by molar-refractivity contribution is -0.155. The molecule has 0 aliphatic heterocycles. The average Bonchev–Trinajstić information content (AvgIpc) is 2.88. The van der Waals surface area contributed by atoms with E-state index in [1.807, 2.05) is 0 Å². The predicted octanol–water partition coefficient (Wildman–Crippen LogP) is -3.68. The van der Waals surface area contributed by atoms with E-state index >= 15 is 0 Å². The first-order valence-corrected chi connectivity index (χ1v) is 13.3. The van der Waals surface area contributed by atoms with E-state index in [2.05, 4.69) is 0 Å². The number of nitrogens with zero attached hydrogens (tertiary/aromatic N) is 6. The van der Waals surface area contributed by atoms with Crippen molar-refractivity contribution in [1.82, 2.24) is 27.4 Å². The Morgan fingerprint density at radius 2 is 1.07 bits per heavy atom. The topological polar surface area (TPSA) is 225 Å². The summed E-state index contributed by atoms with van der Waals surface area (Å²) in [6.07, 6.45) is -0.837. The van der Waals surface area contributed by atoms with Gasteiger partial charge in [-0.2, -0.15) is 0 Å². The summed E-state index contributed by atoms with van der Waals surface area (Å²) in [6, 6.07) is 0. The number of aliphatic hydroxyl groups excluding tert-OH is 1. The smallest absolute Gasteiger partial charge is 0.336 e. The summed E-state index contributed by atoms with van der Waals surface area (Å²) in [5, 5.41) is 19.3. The lowest BCUT2D eigenvalue weighted by Gasteiger charge is -2.20. The first-order chi connectivity index (χ1) is 19.8. The third-order valence-corrected chi connectivity index (χ3v) is 5.83. The van der Waals surface area contributed by atoms with Gasteiger partial charge in [0.25, 0.3) is 0 Å². The first kappa shape index (κ1) is 34.9. The number of aromatic nitrogens is 6. The van der Waals surface area contributed by atoms with Crippen LogP contribution < -0.4 is 34.1 Å². The molecule has 43 heavy (non-hydrogen) atoms. The standard InChI is InChI=1S/C25H38N6O12/c1-24(2,3)43-17(34)8-10-28-19(36)26(6)18(35)27(20(28)37)9-7-16(33)42-14-12-30-21(38)29(11-13-32)22(39)31(23(30)40)15-25(4,5)41/h32,41H,7-15H2,1-6H3. The van der Waals surface area contributed by atoms with Gasteiger partial charge in [0.15, 0.2) is 0 Å². The molecule has 0 fully saturated rings. The van der Waals surface area contributed by atoms with Gasteiger partial charge in [-0.05, 0) is 34.6 Å². The van der Waals surface area contributed by atoms with Gasteiger partial charge < -0.3 is 19.7 Å². The lowest BCUT2D eigenvalue weighted by Crippen LogP contribution is -2.56. The summed E-state index contributed by atoms with van der Waals surface area (Å²) in [7, 11) is 1.13. The second-order valence-electron chi connectivity index (χ2n) is 11.3. The molecule has 0 saturated heterocycles. The molecule has 240 valence electrons. The molecule has 0 amide bonds. The zero-order valence-corrected chi connectivity index (χ0v) is 25.0. The van der Waals surface area contributed by atoms with Crippen molar-refractivity contribution < 1.29 is 29.3 Å². The molecule has 2 aromatic rings. The molecule has 0 aliphatic rings. The van der Waals surface area contributed by atoms with Crippen LogP contribution in [0, 0.1) is 0 Å². The van der Waals surface area contributed by atoms with E-state index < -0.39 is 103 Å². The molecule has 2 aromatic heterocycles. The Labute approximate surface area is 243 Å². The second-order valence-corrected chi connectivity index (χ2v) is 11.3. The van der Waals surface area contributed by atoms with Gasteiger partial charge in [-0.1, -0.05) is 0 Å². The van der Waals surface area contributed by atoms with Crippen LogP contribution in [-0.2, 0) is 58.8 Å². The van der Waals surface area contributed by atoms with Gasteiger partial charge >= 0.3 is 46.1 Å². The minimum atomic E-state index is -1.50. The molecule has 18 heteroatoms. The molecule has 2 N–H and O–H groups in total. The van der Waals surface area contributed by atoms with Crippen LogP contribution in [0.25, 0.3) is 0 Å². The van der Waals surface area contributed by atoms with Crippen LogP contribution in [-0.4, -0.2) is 74.0 Å². The van der Waals surface area contributed by atoms with Gasteiger partial charge in [0.1, 0.15) is 12.2 Å². The summed E-state index contributed by atoms with van der Waals surface area (Å²) >= 11 is 0. The van der Waals surface area contributed by atoms with E-state index in [1.54, 1.807) is 20.8 Å². The minimum Gasteiger partial charge on any atom is -0.464 e. The van der Waals surface area contributed by atoms with E-state index in [0.29, 0.717) is 27.4 Å². The number of ether oxygens (including phenoxy) is 2. The maximum atomic E-state index is 12.9. The third-order valence-electron chi connectivity index (χ3n) is 5.83. The Morgan fingerprint density at radius 1 is 0.651 bits per heavy atom. The number of esters is 2. The molecule has 0 saturated carbocycles. The van der Waals surface area contributed by atoms with E-state index in [-0.39, 0.29) is 13.0 Å². The van der Waals surface area contributed by atoms with Crippen LogP contribution in [0.5, 0.6) is 0 Å². The molecule has 2 rings (SSSR count). The van der Waals surface area contributed by atoms with Crippen LogP contribution in [0.15, 0.2) is 28.8 Å². The highest BCUT2D eigenvalue weighted by Crippen LogP contribution is 2.08. The largest absolute Gasteiger partial charge is 0.464 e. The van der Waals surface area contributed by atoms with Gasteiger partial charge in [0.2, 0.25) is 0 Å². The normalized spacial score (nSPS) is 11.9. The molecule has 18 nitrogen and oxygen atoms in total. The zero-order chi connectivity index (χ0) is 32.9. The van der Waals surface area contributed by atoms with Crippen LogP contribution in [0.2, 0.25) is 0 Å². The van der Waals surface area contributed by atoms with Crippen LogP contribution in [0.4, 0.5) is 0 Å². The number of hydrogen-bond donors (Lipinski definition) is 2. The van der Waals surface area contributed by atoms with Crippen LogP contribution in [0.3, 0.4) is 0 Å². The lowest BCUT2D eigenvalue weighted by atomic mass is 10.1. The molecular formula is C25H38N6O12. The highest BCUT2D eigenvalue weighted by molar-refractivity contribution is 5.69. The molecule has 0 spiro atoms. The molecule has 0 bridgehead atoms. The molecule has 0 aromatic carbocycles. The fraction of sp³-hybridized carbons (Fsp3) is 0.680. The van der Waals surface area contributed by atoms with Crippen molar-refractivity contribution in [2.45, 2.75) is 91.4 Å². The number of carbonyl (C=O) groups is 2. The van der Waals surface area contributed by atoms with Crippen molar-refractivity contribution >= 4 is 11.9 Å². The summed E-state index contributed by atoms with van der Waals surface area (Å²) in [4.78, 5) is 100. The van der Waals surface area contributed by atoms with E-state index in [1.165, 1.54) is 13.8 Å². The Kier molecular flexibility index (Phi) is 11.2. The van der Waals surface area contributed by atoms with Crippen molar-refractivity contribution in [3.8, 4) is 0 Å². The number of carbonyl (C=O) groups excluding carboxylic acids is 2. The summed E-state index contributed by atoms with van der Waals surface area (Å²) in [6.45, 7) is 4.31. The highest BCUT2D eigenvalue weighted by atomic mass is 16.6. The summed E-state index contributed by atoms with van der Waals surface area (Å²) in [5.41, 5.74) is -8.44. The Hall–Kier alpha value is -4.32. The van der Waals surface area contributed by atoms with Gasteiger partial charge in [-0.3, -0.25) is 9.59 Å². The quantitative estimate of drug-likeness (QED) is 0.208. The maximum absolute atomic E-state index is 12.9. The van der Waals surface area contributed by atoms with Crippen molar-refractivity contribution in [2.75, 3.05) is 13.2 Å². The van der Waals surface area contributed by atoms with E-state index in [4.69, 9.17) is 9.47 Å². The third kappa shape index (κ3) is 9.08. The Bertz CT molecular complexity index is 1710. The molecule has 0 aliphatic carbocycles. The number of aliphatic hydroxyl groups is 2. The van der Waals surface area contributed by atoms with Crippen LogP contribution in [0.1, 0.15) is 47.5 Å².